The quantitative estimate of drug-likeness (QED) is 0.151. The molecule has 42 heavy (non-hydrogen) atoms. The fraction of sp³-hybridized carbons (Fsp3) is 0.281. The Labute approximate surface area is 271 Å². The minimum atomic E-state index is -1.29. The third kappa shape index (κ3) is 15.6. The van der Waals surface area contributed by atoms with Crippen LogP contribution in [0.2, 0.25) is 58.9 Å². The number of hydrogen-bond donors (Lipinski definition) is 0. The van der Waals surface area contributed by atoms with Crippen LogP contribution in [0.5, 0.6) is 0 Å². The topological polar surface area (TPSA) is 99.5 Å². The van der Waals surface area contributed by atoms with Crippen molar-refractivity contribution in [3.8, 4) is 0 Å². The summed E-state index contributed by atoms with van der Waals surface area (Å²) >= 11 is 0. The average molecular weight is 804 g/mol. The van der Waals surface area contributed by atoms with E-state index < -0.39 is 32.1 Å². The normalized spacial score (nSPS) is 9.81. The van der Waals surface area contributed by atoms with Gasteiger partial charge in [-0.1, -0.05) is 111 Å². The number of hydrogen-bond acceptors (Lipinski definition) is 0. The summed E-state index contributed by atoms with van der Waals surface area (Å²) in [6, 6.07) is 28.9. The fourth-order valence-electron chi connectivity index (χ4n) is 3.91. The SMILES string of the molecule is C[Si](C)(C)c1ccc([PH+](c2ccc([Si](C)(C)C)cc2)c2ccc([Si](C)(C)C)cc2)cc1.[C-]#[O+].[C-]#[O+].[C-]#[O+].[C-]#[O+].[C-]#[O+].[W]. The van der Waals surface area contributed by atoms with E-state index in [-0.39, 0.29) is 21.1 Å². The van der Waals surface area contributed by atoms with Crippen molar-refractivity contribution < 1.29 is 44.3 Å². The van der Waals surface area contributed by atoms with Gasteiger partial charge in [-0.2, -0.15) is 0 Å². The Kier molecular flexibility index (Phi) is 26.4. The summed E-state index contributed by atoms with van der Waals surface area (Å²) in [7, 11) is -4.87. The predicted octanol–water partition coefficient (Wildman–Crippen LogP) is 4.62. The van der Waals surface area contributed by atoms with E-state index >= 15 is 0 Å². The molecule has 0 aliphatic carbocycles. The fourth-order valence-corrected chi connectivity index (χ4v) is 9.91. The molecule has 3 aromatic carbocycles. The molecule has 3 rings (SSSR count). The van der Waals surface area contributed by atoms with E-state index in [0.717, 1.165) is 0 Å². The minimum Gasteiger partial charge on any atom is 0 e. The van der Waals surface area contributed by atoms with Crippen molar-refractivity contribution in [3.63, 3.8) is 0 Å². The van der Waals surface area contributed by atoms with Crippen molar-refractivity contribution in [2.24, 2.45) is 0 Å². The van der Waals surface area contributed by atoms with Gasteiger partial charge in [0.25, 0.3) is 0 Å². The molecule has 3 aromatic rings. The maximum atomic E-state index is 7.50. The summed E-state index contributed by atoms with van der Waals surface area (Å²) in [6.07, 6.45) is 0. The summed E-state index contributed by atoms with van der Waals surface area (Å²) in [5, 5.41) is 9.11. The van der Waals surface area contributed by atoms with E-state index in [4.69, 9.17) is 23.3 Å². The second kappa shape index (κ2) is 23.6. The van der Waals surface area contributed by atoms with Crippen molar-refractivity contribution in [2.75, 3.05) is 0 Å². The molecule has 0 atom stereocenters. The van der Waals surface area contributed by atoms with E-state index in [2.05, 4.69) is 165 Å². The van der Waals surface area contributed by atoms with Crippen molar-refractivity contribution in [1.82, 2.24) is 0 Å². The zero-order valence-corrected chi connectivity index (χ0v) is 32.8. The van der Waals surface area contributed by atoms with Crippen LogP contribution in [-0.2, 0) is 44.3 Å². The molecule has 0 spiro atoms. The number of rotatable bonds is 6. The average Bonchev–Trinajstić information content (AvgIpc) is 2.98. The van der Waals surface area contributed by atoms with Gasteiger partial charge in [0.2, 0.25) is 0 Å². The maximum Gasteiger partial charge on any atom is 0 e. The molecule has 0 radical (unpaired) electrons. The minimum absolute atomic E-state index is 0. The first kappa shape index (κ1) is 47.1. The molecule has 0 saturated heterocycles. The van der Waals surface area contributed by atoms with Crippen LogP contribution in [0, 0.1) is 33.3 Å². The largest absolute Gasteiger partial charge is 0 e. The Hall–Kier alpha value is -1.87. The van der Waals surface area contributed by atoms with E-state index in [1.165, 1.54) is 15.9 Å². The zero-order chi connectivity index (χ0) is 33.0. The van der Waals surface area contributed by atoms with Crippen molar-refractivity contribution >= 4 is 63.6 Å². The van der Waals surface area contributed by atoms with E-state index in [9.17, 15) is 0 Å². The molecule has 10 heteroatoms. The molecule has 0 unspecified atom stereocenters. The number of benzene rings is 3. The molecule has 0 saturated carbocycles. The molecule has 220 valence electrons. The summed E-state index contributed by atoms with van der Waals surface area (Å²) < 4.78 is 37.5. The first-order valence-electron chi connectivity index (χ1n) is 12.5. The van der Waals surface area contributed by atoms with Gasteiger partial charge in [0.15, 0.2) is 0 Å². The smallest absolute Gasteiger partial charge is 0 e. The molecule has 0 aliphatic heterocycles. The Morgan fingerprint density at radius 1 is 0.357 bits per heavy atom. The van der Waals surface area contributed by atoms with Gasteiger partial charge in [-0.05, 0) is 36.4 Å². The van der Waals surface area contributed by atoms with Crippen LogP contribution in [0.1, 0.15) is 0 Å². The molecule has 0 N–H and O–H groups in total. The molecule has 0 bridgehead atoms. The van der Waals surface area contributed by atoms with Crippen LogP contribution in [0.3, 0.4) is 0 Å². The Morgan fingerprint density at radius 3 is 0.619 bits per heavy atom. The van der Waals surface area contributed by atoms with E-state index in [1.807, 2.05) is 0 Å². The molecular weight excluding hydrogens is 763 g/mol. The molecule has 0 amide bonds. The monoisotopic (exact) mass is 803 g/mol. The summed E-state index contributed by atoms with van der Waals surface area (Å²) in [4.78, 5) is 0. The summed E-state index contributed by atoms with van der Waals surface area (Å²) in [5.74, 6) is 0. The summed E-state index contributed by atoms with van der Waals surface area (Å²) in [5.41, 5.74) is 0. The second-order valence-electron chi connectivity index (χ2n) is 11.9. The van der Waals surface area contributed by atoms with Gasteiger partial charge in [-0.25, -0.2) is 0 Å². The van der Waals surface area contributed by atoms with Gasteiger partial charge in [0.1, 0.15) is 15.9 Å². The van der Waals surface area contributed by atoms with E-state index in [0.29, 0.717) is 0 Å². The Bertz CT molecular complexity index is 1080. The van der Waals surface area contributed by atoms with Crippen LogP contribution in [-0.4, -0.2) is 24.2 Å². The van der Waals surface area contributed by atoms with Crippen molar-refractivity contribution in [2.45, 2.75) is 58.9 Å². The first-order valence-corrected chi connectivity index (χ1v) is 24.5. The first-order chi connectivity index (χ1) is 19.3. The maximum absolute atomic E-state index is 7.50. The van der Waals surface area contributed by atoms with Crippen LogP contribution in [0.25, 0.3) is 0 Å². The standard InChI is InChI=1S/C27H39PSi3.5CO.W/c1-29(2,3)25-16-10-22(11-17-25)28(23-12-18-26(19-13-23)30(4,5)6)24-14-20-27(21-15-24)31(7,8)9;5*1-2;/h10-21H,1-9H3;;;;;;/p+1. The molecule has 5 nitrogen and oxygen atoms in total. The second-order valence-corrected chi connectivity index (χ2v) is 29.6. The predicted molar refractivity (Wildman–Crippen MR) is 175 cm³/mol. The van der Waals surface area contributed by atoms with Gasteiger partial charge >= 0.3 is 56.5 Å². The third-order valence-corrected chi connectivity index (χ3v) is 15.0. The Morgan fingerprint density at radius 2 is 0.500 bits per heavy atom. The van der Waals surface area contributed by atoms with Gasteiger partial charge in [-0.15, -0.1) is 0 Å². The Balaban J connectivity index is -0.000000594. The van der Waals surface area contributed by atoms with Crippen LogP contribution >= 0.6 is 7.92 Å². The van der Waals surface area contributed by atoms with Crippen LogP contribution in [0.4, 0.5) is 0 Å². The van der Waals surface area contributed by atoms with Gasteiger partial charge in [0, 0.05) is 21.1 Å². The van der Waals surface area contributed by atoms with Crippen LogP contribution < -0.4 is 31.5 Å². The summed E-state index contributed by atoms with van der Waals surface area (Å²) in [6.45, 7) is 44.4. The third-order valence-electron chi connectivity index (χ3n) is 6.12. The van der Waals surface area contributed by atoms with Gasteiger partial charge < -0.3 is 0 Å². The zero-order valence-electron chi connectivity index (χ0n) is 25.9. The van der Waals surface area contributed by atoms with Gasteiger partial charge in [0.05, 0.1) is 32.1 Å². The van der Waals surface area contributed by atoms with E-state index in [1.54, 1.807) is 15.6 Å². The van der Waals surface area contributed by atoms with Crippen molar-refractivity contribution in [3.05, 3.63) is 106 Å². The molecule has 0 heterocycles. The molecule has 0 aromatic heterocycles. The molecular formula is C32H40O5PSi3W+. The molecule has 0 aliphatic rings. The van der Waals surface area contributed by atoms with Gasteiger partial charge in [-0.3, -0.25) is 0 Å². The van der Waals surface area contributed by atoms with Crippen LogP contribution in [0.15, 0.2) is 72.8 Å². The molecule has 0 fully saturated rings. The van der Waals surface area contributed by atoms with Crippen molar-refractivity contribution in [1.29, 1.82) is 0 Å².